The fraction of sp³-hybridized carbons (Fsp3) is 0.409. The standard InChI is InChI=1S/C22H24F2N2O6S/c23-19-12-15(26-13-17(32-22(26)28)7-10-33(29,30)31)2-3-18(19)14-1-4-21(20(24)11-14)25-8-5-16(27)6-9-25/h1-4,11-12,16-17,27H,5-10,13H2,(H,29,30,31)/t17-/m1/s1. The predicted molar refractivity (Wildman–Crippen MR) is 118 cm³/mol. The maximum absolute atomic E-state index is 14.9. The van der Waals surface area contributed by atoms with E-state index in [0.29, 0.717) is 37.2 Å². The number of halogens is 2. The highest BCUT2D eigenvalue weighted by atomic mass is 32.2. The second-order valence-electron chi connectivity index (χ2n) is 8.24. The van der Waals surface area contributed by atoms with Crippen LogP contribution >= 0.6 is 0 Å². The van der Waals surface area contributed by atoms with E-state index in [1.165, 1.54) is 23.1 Å². The van der Waals surface area contributed by atoms with Crippen LogP contribution < -0.4 is 9.80 Å². The Morgan fingerprint density at radius 2 is 1.79 bits per heavy atom. The summed E-state index contributed by atoms with van der Waals surface area (Å²) in [6.45, 7) is 1.09. The average Bonchev–Trinajstić information content (AvgIpc) is 3.13. The van der Waals surface area contributed by atoms with Gasteiger partial charge < -0.3 is 14.7 Å². The van der Waals surface area contributed by atoms with Crippen molar-refractivity contribution in [1.82, 2.24) is 0 Å². The molecule has 2 fully saturated rings. The maximum Gasteiger partial charge on any atom is 0.414 e. The molecule has 2 N–H and O–H groups in total. The third kappa shape index (κ3) is 5.43. The Balaban J connectivity index is 1.49. The van der Waals surface area contributed by atoms with Crippen LogP contribution in [0.15, 0.2) is 36.4 Å². The third-order valence-electron chi connectivity index (χ3n) is 5.90. The highest BCUT2D eigenvalue weighted by molar-refractivity contribution is 7.85. The van der Waals surface area contributed by atoms with Gasteiger partial charge in [0.2, 0.25) is 0 Å². The van der Waals surface area contributed by atoms with Gasteiger partial charge in [0.25, 0.3) is 10.1 Å². The van der Waals surface area contributed by atoms with Crippen LogP contribution in [-0.4, -0.2) is 61.8 Å². The summed E-state index contributed by atoms with van der Waals surface area (Å²) >= 11 is 0. The Bertz CT molecular complexity index is 1150. The molecule has 0 bridgehead atoms. The molecule has 0 radical (unpaired) electrons. The van der Waals surface area contributed by atoms with E-state index in [0.717, 1.165) is 6.07 Å². The van der Waals surface area contributed by atoms with Gasteiger partial charge in [-0.1, -0.05) is 6.07 Å². The Morgan fingerprint density at radius 1 is 1.06 bits per heavy atom. The van der Waals surface area contributed by atoms with Gasteiger partial charge in [0, 0.05) is 25.1 Å². The Labute approximate surface area is 190 Å². The molecular formula is C22H24F2N2O6S. The van der Waals surface area contributed by atoms with Crippen LogP contribution in [0.3, 0.4) is 0 Å². The van der Waals surface area contributed by atoms with E-state index in [4.69, 9.17) is 9.29 Å². The van der Waals surface area contributed by atoms with Crippen molar-refractivity contribution < 1.29 is 36.4 Å². The van der Waals surface area contributed by atoms with Gasteiger partial charge >= 0.3 is 6.09 Å². The molecule has 2 aromatic rings. The minimum Gasteiger partial charge on any atom is -0.444 e. The molecule has 0 saturated carbocycles. The largest absolute Gasteiger partial charge is 0.444 e. The van der Waals surface area contributed by atoms with Crippen LogP contribution in [0.1, 0.15) is 19.3 Å². The number of anilines is 2. The molecule has 0 aromatic heterocycles. The van der Waals surface area contributed by atoms with E-state index in [2.05, 4.69) is 0 Å². The lowest BCUT2D eigenvalue weighted by atomic mass is 10.0. The first-order valence-corrected chi connectivity index (χ1v) is 12.2. The van der Waals surface area contributed by atoms with Crippen molar-refractivity contribution in [2.24, 2.45) is 0 Å². The van der Waals surface area contributed by atoms with Gasteiger partial charge in [-0.15, -0.1) is 0 Å². The summed E-state index contributed by atoms with van der Waals surface area (Å²) in [6.07, 6.45) is -0.824. The van der Waals surface area contributed by atoms with Gasteiger partial charge in [-0.2, -0.15) is 8.42 Å². The van der Waals surface area contributed by atoms with Crippen LogP contribution in [0.4, 0.5) is 25.0 Å². The number of nitrogens with zero attached hydrogens (tertiary/aromatic N) is 2. The summed E-state index contributed by atoms with van der Waals surface area (Å²) in [5.41, 5.74) is 1.12. The van der Waals surface area contributed by atoms with Crippen LogP contribution in [0, 0.1) is 11.6 Å². The zero-order valence-corrected chi connectivity index (χ0v) is 18.5. The Kier molecular flexibility index (Phi) is 6.55. The molecule has 178 valence electrons. The molecular weight excluding hydrogens is 458 g/mol. The van der Waals surface area contributed by atoms with Gasteiger partial charge in [-0.05, 0) is 48.7 Å². The molecule has 0 unspecified atom stereocenters. The Hall–Kier alpha value is -2.76. The minimum atomic E-state index is -4.19. The SMILES string of the molecule is O=C1O[C@H](CCS(=O)(=O)O)CN1c1ccc(-c2ccc(N3CCC(O)CC3)c(F)c2)c(F)c1. The minimum absolute atomic E-state index is 0.0149. The van der Waals surface area contributed by atoms with Crippen molar-refractivity contribution in [2.45, 2.75) is 31.5 Å². The molecule has 4 rings (SSSR count). The summed E-state index contributed by atoms with van der Waals surface area (Å²) in [4.78, 5) is 15.2. The summed E-state index contributed by atoms with van der Waals surface area (Å²) in [5.74, 6) is -1.70. The molecule has 1 atom stereocenters. The summed E-state index contributed by atoms with van der Waals surface area (Å²) in [7, 11) is -4.19. The van der Waals surface area contributed by atoms with E-state index >= 15 is 0 Å². The molecule has 2 saturated heterocycles. The average molecular weight is 483 g/mol. The molecule has 2 aliphatic heterocycles. The van der Waals surface area contributed by atoms with Crippen molar-refractivity contribution >= 4 is 27.6 Å². The monoisotopic (exact) mass is 482 g/mol. The van der Waals surface area contributed by atoms with Crippen LogP contribution in [0.2, 0.25) is 0 Å². The van der Waals surface area contributed by atoms with Crippen molar-refractivity contribution in [1.29, 1.82) is 0 Å². The second kappa shape index (κ2) is 9.24. The van der Waals surface area contributed by atoms with E-state index in [1.54, 1.807) is 12.1 Å². The lowest BCUT2D eigenvalue weighted by molar-refractivity contribution is 0.139. The highest BCUT2D eigenvalue weighted by Crippen LogP contribution is 2.32. The quantitative estimate of drug-likeness (QED) is 0.609. The van der Waals surface area contributed by atoms with E-state index in [1.807, 2.05) is 4.90 Å². The molecule has 0 spiro atoms. The number of cyclic esters (lactones) is 1. The van der Waals surface area contributed by atoms with E-state index < -0.39 is 39.7 Å². The molecule has 2 heterocycles. The van der Waals surface area contributed by atoms with Crippen molar-refractivity contribution in [3.63, 3.8) is 0 Å². The fourth-order valence-corrected chi connectivity index (χ4v) is 4.67. The van der Waals surface area contributed by atoms with Crippen molar-refractivity contribution in [2.75, 3.05) is 35.2 Å². The van der Waals surface area contributed by atoms with Crippen LogP contribution in [0.5, 0.6) is 0 Å². The zero-order chi connectivity index (χ0) is 23.8. The Morgan fingerprint density at radius 3 is 2.42 bits per heavy atom. The molecule has 0 aliphatic carbocycles. The van der Waals surface area contributed by atoms with Crippen LogP contribution in [-0.2, 0) is 14.9 Å². The summed E-state index contributed by atoms with van der Waals surface area (Å²) < 4.78 is 65.4. The number of hydrogen-bond acceptors (Lipinski definition) is 6. The van der Waals surface area contributed by atoms with Crippen molar-refractivity contribution in [3.8, 4) is 11.1 Å². The first kappa shape index (κ1) is 23.4. The number of aliphatic hydroxyl groups excluding tert-OH is 1. The van der Waals surface area contributed by atoms with Crippen molar-refractivity contribution in [3.05, 3.63) is 48.0 Å². The number of amides is 1. The lowest BCUT2D eigenvalue weighted by Gasteiger charge is -2.31. The van der Waals surface area contributed by atoms with Gasteiger partial charge in [0.05, 0.1) is 29.8 Å². The first-order valence-electron chi connectivity index (χ1n) is 10.6. The van der Waals surface area contributed by atoms with Gasteiger partial charge in [0.1, 0.15) is 17.7 Å². The molecule has 33 heavy (non-hydrogen) atoms. The number of carbonyl (C=O) groups excluding carboxylic acids is 1. The highest BCUT2D eigenvalue weighted by Gasteiger charge is 2.33. The molecule has 2 aromatic carbocycles. The normalized spacial score (nSPS) is 19.8. The maximum atomic E-state index is 14.9. The number of hydrogen-bond donors (Lipinski definition) is 2. The van der Waals surface area contributed by atoms with Gasteiger partial charge in [-0.3, -0.25) is 9.45 Å². The van der Waals surface area contributed by atoms with Crippen LogP contribution in [0.25, 0.3) is 11.1 Å². The second-order valence-corrected chi connectivity index (χ2v) is 9.81. The molecule has 1 amide bonds. The predicted octanol–water partition coefficient (Wildman–Crippen LogP) is 3.20. The third-order valence-corrected chi connectivity index (χ3v) is 6.65. The topological polar surface area (TPSA) is 107 Å². The summed E-state index contributed by atoms with van der Waals surface area (Å²) in [6, 6.07) is 8.55. The molecule has 2 aliphatic rings. The number of ether oxygens (including phenoxy) is 1. The smallest absolute Gasteiger partial charge is 0.414 e. The number of benzene rings is 2. The molecule has 11 heteroatoms. The number of rotatable bonds is 6. The first-order chi connectivity index (χ1) is 15.6. The number of carbonyl (C=O) groups is 1. The molecule has 8 nitrogen and oxygen atoms in total. The van der Waals surface area contributed by atoms with E-state index in [-0.39, 0.29) is 30.3 Å². The number of piperidine rings is 1. The summed E-state index contributed by atoms with van der Waals surface area (Å²) in [5, 5.41) is 9.63. The zero-order valence-electron chi connectivity index (χ0n) is 17.7. The number of aliphatic hydroxyl groups is 1. The van der Waals surface area contributed by atoms with E-state index in [9.17, 15) is 27.1 Å². The van der Waals surface area contributed by atoms with Gasteiger partial charge in [0.15, 0.2) is 0 Å². The lowest BCUT2D eigenvalue weighted by Crippen LogP contribution is -2.36. The fourth-order valence-electron chi connectivity index (χ4n) is 4.11. The van der Waals surface area contributed by atoms with Gasteiger partial charge in [-0.25, -0.2) is 13.6 Å².